The third-order valence-electron chi connectivity index (χ3n) is 7.88. The smallest absolute Gasteiger partial charge is 0.264 e. The Morgan fingerprint density at radius 2 is 1.59 bits per heavy atom. The van der Waals surface area contributed by atoms with Crippen LogP contribution in [0.4, 0.5) is 10.1 Å². The first-order valence-electron chi connectivity index (χ1n) is 14.6. The van der Waals surface area contributed by atoms with E-state index in [1.54, 1.807) is 37.3 Å². The minimum Gasteiger partial charge on any atom is -0.493 e. The van der Waals surface area contributed by atoms with Gasteiger partial charge in [-0.25, -0.2) is 12.8 Å². The quantitative estimate of drug-likeness (QED) is 0.299. The molecule has 0 unspecified atom stereocenters. The van der Waals surface area contributed by atoms with E-state index in [1.807, 2.05) is 19.9 Å². The van der Waals surface area contributed by atoms with Gasteiger partial charge < -0.3 is 19.7 Å². The molecule has 11 heteroatoms. The van der Waals surface area contributed by atoms with Gasteiger partial charge in [0.05, 0.1) is 24.8 Å². The van der Waals surface area contributed by atoms with Crippen LogP contribution in [0.15, 0.2) is 65.6 Å². The molecule has 9 nitrogen and oxygen atoms in total. The van der Waals surface area contributed by atoms with Gasteiger partial charge in [-0.05, 0) is 75.1 Å². The van der Waals surface area contributed by atoms with Crippen LogP contribution in [0.3, 0.4) is 0 Å². The van der Waals surface area contributed by atoms with E-state index in [0.29, 0.717) is 5.75 Å². The maximum atomic E-state index is 14.8. The number of methoxy groups -OCH3 is 2. The molecular formula is C33H40FN3O6S. The maximum absolute atomic E-state index is 14.8. The van der Waals surface area contributed by atoms with Crippen molar-refractivity contribution in [3.05, 3.63) is 83.2 Å². The molecule has 44 heavy (non-hydrogen) atoms. The molecule has 1 N–H and O–H groups in total. The molecule has 1 aliphatic carbocycles. The zero-order valence-electron chi connectivity index (χ0n) is 25.8. The highest BCUT2D eigenvalue weighted by molar-refractivity contribution is 7.92. The average Bonchev–Trinajstić information content (AvgIpc) is 3.51. The number of nitrogens with zero attached hydrogens (tertiary/aromatic N) is 2. The summed E-state index contributed by atoms with van der Waals surface area (Å²) in [5.41, 5.74) is 2.08. The summed E-state index contributed by atoms with van der Waals surface area (Å²) in [5, 5.41) is 3.01. The van der Waals surface area contributed by atoms with Gasteiger partial charge >= 0.3 is 0 Å². The van der Waals surface area contributed by atoms with Crippen LogP contribution in [0.25, 0.3) is 0 Å². The van der Waals surface area contributed by atoms with E-state index in [1.165, 1.54) is 43.4 Å². The van der Waals surface area contributed by atoms with Crippen LogP contribution in [0.1, 0.15) is 49.3 Å². The predicted molar refractivity (Wildman–Crippen MR) is 167 cm³/mol. The summed E-state index contributed by atoms with van der Waals surface area (Å²) >= 11 is 0. The third-order valence-corrected chi connectivity index (χ3v) is 9.65. The number of amides is 2. The van der Waals surface area contributed by atoms with Crippen LogP contribution in [-0.4, -0.2) is 58.0 Å². The Morgan fingerprint density at radius 3 is 2.20 bits per heavy atom. The van der Waals surface area contributed by atoms with E-state index in [0.717, 1.165) is 41.1 Å². The van der Waals surface area contributed by atoms with Gasteiger partial charge in [-0.3, -0.25) is 13.9 Å². The first-order valence-corrected chi connectivity index (χ1v) is 16.0. The van der Waals surface area contributed by atoms with Gasteiger partial charge in [0.15, 0.2) is 11.5 Å². The lowest BCUT2D eigenvalue weighted by molar-refractivity contribution is -0.139. The van der Waals surface area contributed by atoms with Crippen molar-refractivity contribution < 1.29 is 31.9 Å². The number of aryl methyl sites for hydroxylation is 2. The lowest BCUT2D eigenvalue weighted by Gasteiger charge is -2.32. The number of nitrogens with one attached hydrogen (secondary N) is 1. The molecule has 3 aromatic rings. The Bertz CT molecular complexity index is 1590. The van der Waals surface area contributed by atoms with E-state index in [2.05, 4.69) is 5.32 Å². The van der Waals surface area contributed by atoms with E-state index >= 15 is 0 Å². The van der Waals surface area contributed by atoms with Crippen molar-refractivity contribution in [1.82, 2.24) is 10.2 Å². The summed E-state index contributed by atoms with van der Waals surface area (Å²) in [7, 11) is -1.50. The van der Waals surface area contributed by atoms with Gasteiger partial charge in [-0.1, -0.05) is 37.1 Å². The van der Waals surface area contributed by atoms with E-state index < -0.39 is 34.3 Å². The normalized spacial score (nSPS) is 14.1. The number of carbonyl (C=O) groups excluding carboxylic acids is 2. The molecule has 1 saturated carbocycles. The van der Waals surface area contributed by atoms with E-state index in [9.17, 15) is 22.4 Å². The summed E-state index contributed by atoms with van der Waals surface area (Å²) in [6, 6.07) is 14.5. The van der Waals surface area contributed by atoms with Gasteiger partial charge in [0, 0.05) is 24.2 Å². The largest absolute Gasteiger partial charge is 0.493 e. The Kier molecular flexibility index (Phi) is 10.5. The Labute approximate surface area is 259 Å². The molecule has 0 aromatic heterocycles. The molecule has 236 valence electrons. The van der Waals surface area contributed by atoms with Crippen LogP contribution in [0.5, 0.6) is 11.5 Å². The SMILES string of the molecule is COc1ccc(S(=O)(=O)N(CC(=O)N(Cc2ccccc2F)[C@H](C)C(=O)NC2CCCC2)c2cc(C)cc(C)c2)cc1OC. The summed E-state index contributed by atoms with van der Waals surface area (Å²) < 4.78 is 54.9. The second-order valence-corrected chi connectivity index (χ2v) is 13.0. The van der Waals surface area contributed by atoms with Gasteiger partial charge in [0.1, 0.15) is 18.4 Å². The average molecular weight is 626 g/mol. The molecular weight excluding hydrogens is 585 g/mol. The standard InChI is InChI=1S/C33H40FN3O6S/c1-22-16-23(2)18-27(17-22)37(44(40,41)28-14-15-30(42-4)31(19-28)43-5)21-32(38)36(20-25-10-6-9-13-29(25)34)24(3)33(39)35-26-11-7-8-12-26/h6,9-10,13-19,24,26H,7-8,11-12,20-21H2,1-5H3,(H,35,39)/t24-/m1/s1. The second-order valence-electron chi connectivity index (χ2n) is 11.2. The monoisotopic (exact) mass is 625 g/mol. The summed E-state index contributed by atoms with van der Waals surface area (Å²) in [6.45, 7) is 4.39. The van der Waals surface area contributed by atoms with Gasteiger partial charge in [0.25, 0.3) is 10.0 Å². The molecule has 0 spiro atoms. The molecule has 0 heterocycles. The third kappa shape index (κ3) is 7.50. The highest BCUT2D eigenvalue weighted by atomic mass is 32.2. The molecule has 0 aliphatic heterocycles. The molecule has 1 aliphatic rings. The van der Waals surface area contributed by atoms with Gasteiger partial charge in [-0.2, -0.15) is 0 Å². The molecule has 0 radical (unpaired) electrons. The zero-order chi connectivity index (χ0) is 32.0. The molecule has 1 atom stereocenters. The minimum atomic E-state index is -4.34. The van der Waals surface area contributed by atoms with Crippen molar-refractivity contribution in [3.8, 4) is 11.5 Å². The van der Waals surface area contributed by atoms with Crippen LogP contribution in [0, 0.1) is 19.7 Å². The van der Waals surface area contributed by atoms with E-state index in [-0.39, 0.29) is 40.4 Å². The lowest BCUT2D eigenvalue weighted by Crippen LogP contribution is -2.52. The fourth-order valence-corrected chi connectivity index (χ4v) is 6.93. The van der Waals surface area contributed by atoms with Crippen molar-refractivity contribution >= 4 is 27.5 Å². The van der Waals surface area contributed by atoms with Crippen LogP contribution in [0.2, 0.25) is 0 Å². The highest BCUT2D eigenvalue weighted by Gasteiger charge is 2.34. The number of hydrogen-bond acceptors (Lipinski definition) is 6. The first-order chi connectivity index (χ1) is 20.9. The van der Waals surface area contributed by atoms with Gasteiger partial charge in [-0.15, -0.1) is 0 Å². The topological polar surface area (TPSA) is 105 Å². The Balaban J connectivity index is 1.75. The molecule has 0 saturated heterocycles. The molecule has 3 aromatic carbocycles. The van der Waals surface area contributed by atoms with Crippen LogP contribution < -0.4 is 19.1 Å². The molecule has 4 rings (SSSR count). The summed E-state index contributed by atoms with van der Waals surface area (Å²) in [6.07, 6.45) is 3.72. The Morgan fingerprint density at radius 1 is 0.955 bits per heavy atom. The number of carbonyl (C=O) groups is 2. The minimum absolute atomic E-state index is 0.00700. The predicted octanol–water partition coefficient (Wildman–Crippen LogP) is 5.13. The molecule has 0 bridgehead atoms. The highest BCUT2D eigenvalue weighted by Crippen LogP contribution is 2.33. The Hall–Kier alpha value is -4.12. The van der Waals surface area contributed by atoms with Crippen molar-refractivity contribution in [2.75, 3.05) is 25.1 Å². The number of halogens is 1. The number of hydrogen-bond donors (Lipinski definition) is 1. The fourth-order valence-electron chi connectivity index (χ4n) is 5.51. The number of benzene rings is 3. The van der Waals surface area contributed by atoms with Crippen LogP contribution >= 0.6 is 0 Å². The van der Waals surface area contributed by atoms with Crippen LogP contribution in [-0.2, 0) is 26.2 Å². The number of ether oxygens (including phenoxy) is 2. The zero-order valence-corrected chi connectivity index (χ0v) is 26.6. The number of anilines is 1. The molecule has 1 fully saturated rings. The summed E-state index contributed by atoms with van der Waals surface area (Å²) in [4.78, 5) is 28.7. The molecule has 2 amide bonds. The number of rotatable bonds is 12. The van der Waals surface area contributed by atoms with Crippen molar-refractivity contribution in [2.24, 2.45) is 0 Å². The second kappa shape index (κ2) is 14.1. The number of sulfonamides is 1. The van der Waals surface area contributed by atoms with Gasteiger partial charge in [0.2, 0.25) is 11.8 Å². The van der Waals surface area contributed by atoms with Crippen molar-refractivity contribution in [3.63, 3.8) is 0 Å². The fraction of sp³-hybridized carbons (Fsp3) is 0.394. The van der Waals surface area contributed by atoms with Crippen molar-refractivity contribution in [2.45, 2.75) is 70.0 Å². The summed E-state index contributed by atoms with van der Waals surface area (Å²) in [5.74, 6) is -1.01. The lowest BCUT2D eigenvalue weighted by atomic mass is 10.1. The first kappa shape index (κ1) is 32.8. The van der Waals surface area contributed by atoms with E-state index in [4.69, 9.17) is 9.47 Å². The van der Waals surface area contributed by atoms with Crippen molar-refractivity contribution in [1.29, 1.82) is 0 Å². The maximum Gasteiger partial charge on any atom is 0.264 e.